The Morgan fingerprint density at radius 1 is 1.71 bits per heavy atom. The second-order valence-electron chi connectivity index (χ2n) is 2.56. The summed E-state index contributed by atoms with van der Waals surface area (Å²) in [6, 6.07) is 1.66. The van der Waals surface area contributed by atoms with E-state index in [4.69, 9.17) is 5.84 Å². The molecule has 0 unspecified atom stereocenters. The lowest BCUT2D eigenvalue weighted by Gasteiger charge is -2.05. The van der Waals surface area contributed by atoms with E-state index in [-0.39, 0.29) is 5.91 Å². The van der Waals surface area contributed by atoms with Crippen LogP contribution in [0.15, 0.2) is 16.7 Å². The largest absolute Gasteiger partial charge is 0.352 e. The Morgan fingerprint density at radius 3 is 2.93 bits per heavy atom. The van der Waals surface area contributed by atoms with E-state index in [1.807, 2.05) is 6.92 Å². The highest BCUT2D eigenvalue weighted by molar-refractivity contribution is 9.10. The SMILES string of the molecule is CCNC(=O)c1cnc(NN)c(Br)c1. The molecule has 14 heavy (non-hydrogen) atoms. The monoisotopic (exact) mass is 258 g/mol. The van der Waals surface area contributed by atoms with Gasteiger partial charge in [-0.3, -0.25) is 4.79 Å². The summed E-state index contributed by atoms with van der Waals surface area (Å²) in [5, 5.41) is 2.68. The first-order valence-electron chi connectivity index (χ1n) is 4.09. The minimum Gasteiger partial charge on any atom is -0.352 e. The van der Waals surface area contributed by atoms with E-state index < -0.39 is 0 Å². The summed E-state index contributed by atoms with van der Waals surface area (Å²) in [7, 11) is 0. The maximum Gasteiger partial charge on any atom is 0.252 e. The molecule has 0 radical (unpaired) electrons. The first kappa shape index (κ1) is 10.9. The number of pyridine rings is 1. The fourth-order valence-corrected chi connectivity index (χ4v) is 1.39. The van der Waals surface area contributed by atoms with E-state index in [0.717, 1.165) is 0 Å². The van der Waals surface area contributed by atoms with Crippen LogP contribution in [0.5, 0.6) is 0 Å². The zero-order valence-corrected chi connectivity index (χ0v) is 9.26. The number of hydrogen-bond donors (Lipinski definition) is 3. The van der Waals surface area contributed by atoms with Crippen LogP contribution in [-0.2, 0) is 0 Å². The van der Waals surface area contributed by atoms with E-state index in [9.17, 15) is 4.79 Å². The quantitative estimate of drug-likeness (QED) is 0.556. The van der Waals surface area contributed by atoms with E-state index >= 15 is 0 Å². The number of nitrogens with zero attached hydrogens (tertiary/aromatic N) is 1. The number of carbonyl (C=O) groups is 1. The lowest BCUT2D eigenvalue weighted by atomic mass is 10.2. The van der Waals surface area contributed by atoms with Gasteiger partial charge in [-0.1, -0.05) is 0 Å². The molecule has 1 aromatic heterocycles. The number of nitrogens with two attached hydrogens (primary N) is 1. The maximum atomic E-state index is 11.4. The standard InChI is InChI=1S/C8H11BrN4O/c1-2-11-8(14)5-3-6(9)7(13-10)12-4-5/h3-4H,2,10H2,1H3,(H,11,14)(H,12,13). The third-order valence-electron chi connectivity index (χ3n) is 1.58. The summed E-state index contributed by atoms with van der Waals surface area (Å²) in [6.07, 6.45) is 1.46. The van der Waals surface area contributed by atoms with Gasteiger partial charge < -0.3 is 10.7 Å². The van der Waals surface area contributed by atoms with Crippen molar-refractivity contribution in [3.05, 3.63) is 22.3 Å². The minimum absolute atomic E-state index is 0.149. The van der Waals surface area contributed by atoms with Crippen molar-refractivity contribution in [1.29, 1.82) is 0 Å². The van der Waals surface area contributed by atoms with Gasteiger partial charge in [-0.2, -0.15) is 0 Å². The third-order valence-corrected chi connectivity index (χ3v) is 2.18. The van der Waals surface area contributed by atoms with Crippen molar-refractivity contribution in [2.75, 3.05) is 12.0 Å². The van der Waals surface area contributed by atoms with Gasteiger partial charge in [0.2, 0.25) is 0 Å². The van der Waals surface area contributed by atoms with Crippen LogP contribution in [0.3, 0.4) is 0 Å². The van der Waals surface area contributed by atoms with Crippen LogP contribution in [-0.4, -0.2) is 17.4 Å². The molecule has 1 heterocycles. The third kappa shape index (κ3) is 2.43. The Morgan fingerprint density at radius 2 is 2.43 bits per heavy atom. The second kappa shape index (κ2) is 4.92. The topological polar surface area (TPSA) is 80.0 Å². The molecule has 0 atom stereocenters. The highest BCUT2D eigenvalue weighted by atomic mass is 79.9. The van der Waals surface area contributed by atoms with Gasteiger partial charge in [0.25, 0.3) is 5.91 Å². The zero-order valence-electron chi connectivity index (χ0n) is 7.67. The number of hydrazine groups is 1. The van der Waals surface area contributed by atoms with Crippen LogP contribution in [0.4, 0.5) is 5.82 Å². The lowest BCUT2D eigenvalue weighted by Crippen LogP contribution is -2.23. The van der Waals surface area contributed by atoms with Crippen LogP contribution in [0.2, 0.25) is 0 Å². The van der Waals surface area contributed by atoms with Crippen molar-refractivity contribution < 1.29 is 4.79 Å². The molecule has 1 rings (SSSR count). The molecule has 0 aliphatic carbocycles. The molecule has 1 aromatic rings. The van der Waals surface area contributed by atoms with Crippen molar-refractivity contribution in [3.8, 4) is 0 Å². The summed E-state index contributed by atoms with van der Waals surface area (Å²) in [6.45, 7) is 2.45. The molecule has 76 valence electrons. The molecule has 0 saturated heterocycles. The fourth-order valence-electron chi connectivity index (χ4n) is 0.931. The van der Waals surface area contributed by atoms with Crippen LogP contribution in [0.25, 0.3) is 0 Å². The van der Waals surface area contributed by atoms with Crippen LogP contribution in [0, 0.1) is 0 Å². The first-order chi connectivity index (χ1) is 6.69. The lowest BCUT2D eigenvalue weighted by molar-refractivity contribution is 0.0955. The van der Waals surface area contributed by atoms with Crippen molar-refractivity contribution in [2.45, 2.75) is 6.92 Å². The summed E-state index contributed by atoms with van der Waals surface area (Å²) in [5.74, 6) is 5.54. The highest BCUT2D eigenvalue weighted by Crippen LogP contribution is 2.19. The number of anilines is 1. The van der Waals surface area contributed by atoms with E-state index in [2.05, 4.69) is 31.7 Å². The molecular formula is C8H11BrN4O. The molecule has 0 aliphatic heterocycles. The van der Waals surface area contributed by atoms with Gasteiger partial charge >= 0.3 is 0 Å². The Bertz CT molecular complexity index is 342. The van der Waals surface area contributed by atoms with Gasteiger partial charge in [0.1, 0.15) is 0 Å². The summed E-state index contributed by atoms with van der Waals surface area (Å²) in [4.78, 5) is 15.3. The Hall–Kier alpha value is -1.14. The van der Waals surface area contributed by atoms with Crippen molar-refractivity contribution in [3.63, 3.8) is 0 Å². The van der Waals surface area contributed by atoms with Gasteiger partial charge in [0.15, 0.2) is 5.82 Å². The molecule has 1 amide bonds. The van der Waals surface area contributed by atoms with Crippen molar-refractivity contribution in [1.82, 2.24) is 10.3 Å². The smallest absolute Gasteiger partial charge is 0.252 e. The van der Waals surface area contributed by atoms with E-state index in [1.165, 1.54) is 6.20 Å². The number of amides is 1. The van der Waals surface area contributed by atoms with Gasteiger partial charge in [0.05, 0.1) is 10.0 Å². The Balaban J connectivity index is 2.91. The van der Waals surface area contributed by atoms with Gasteiger partial charge in [0, 0.05) is 12.7 Å². The molecule has 0 bridgehead atoms. The number of halogens is 1. The second-order valence-corrected chi connectivity index (χ2v) is 3.41. The van der Waals surface area contributed by atoms with E-state index in [1.54, 1.807) is 6.07 Å². The number of nitrogens with one attached hydrogen (secondary N) is 2. The van der Waals surface area contributed by atoms with Gasteiger partial charge in [-0.25, -0.2) is 10.8 Å². The highest BCUT2D eigenvalue weighted by Gasteiger charge is 2.07. The fraction of sp³-hybridized carbons (Fsp3) is 0.250. The minimum atomic E-state index is -0.149. The number of aromatic nitrogens is 1. The predicted molar refractivity (Wildman–Crippen MR) is 57.8 cm³/mol. The summed E-state index contributed by atoms with van der Waals surface area (Å²) < 4.78 is 0.656. The molecule has 0 spiro atoms. The molecular weight excluding hydrogens is 248 g/mol. The molecule has 6 heteroatoms. The van der Waals surface area contributed by atoms with Crippen LogP contribution < -0.4 is 16.6 Å². The number of rotatable bonds is 3. The average molecular weight is 259 g/mol. The van der Waals surface area contributed by atoms with Crippen molar-refractivity contribution in [2.24, 2.45) is 5.84 Å². The summed E-state index contributed by atoms with van der Waals surface area (Å²) in [5.41, 5.74) is 2.90. The predicted octanol–water partition coefficient (Wildman–Crippen LogP) is 0.879. The normalized spacial score (nSPS) is 9.64. The van der Waals surface area contributed by atoms with Gasteiger partial charge in [-0.05, 0) is 28.9 Å². The molecule has 0 saturated carbocycles. The average Bonchev–Trinajstić information content (AvgIpc) is 2.18. The Labute approximate surface area is 90.2 Å². The molecule has 0 aromatic carbocycles. The zero-order chi connectivity index (χ0) is 10.6. The molecule has 5 nitrogen and oxygen atoms in total. The number of carbonyl (C=O) groups excluding carboxylic acids is 1. The Kier molecular flexibility index (Phi) is 3.84. The maximum absolute atomic E-state index is 11.4. The van der Waals surface area contributed by atoms with Crippen LogP contribution in [0.1, 0.15) is 17.3 Å². The molecule has 0 fully saturated rings. The number of hydrogen-bond acceptors (Lipinski definition) is 4. The summed E-state index contributed by atoms with van der Waals surface area (Å²) >= 11 is 3.24. The molecule has 4 N–H and O–H groups in total. The molecule has 0 aliphatic rings. The number of nitrogen functional groups attached to an aromatic ring is 1. The van der Waals surface area contributed by atoms with E-state index in [0.29, 0.717) is 22.4 Å². The first-order valence-corrected chi connectivity index (χ1v) is 4.88. The van der Waals surface area contributed by atoms with Gasteiger partial charge in [-0.15, -0.1) is 0 Å². The van der Waals surface area contributed by atoms with Crippen LogP contribution >= 0.6 is 15.9 Å². The van der Waals surface area contributed by atoms with Crippen molar-refractivity contribution >= 4 is 27.7 Å².